The summed E-state index contributed by atoms with van der Waals surface area (Å²) < 4.78 is 0. The molecule has 1 aliphatic rings. The molecule has 0 spiro atoms. The maximum atomic E-state index is 11.4. The summed E-state index contributed by atoms with van der Waals surface area (Å²) in [5.41, 5.74) is 2.50. The minimum atomic E-state index is -0.667. The number of piperidine rings is 1. The van der Waals surface area contributed by atoms with E-state index < -0.39 is 5.97 Å². The highest BCUT2D eigenvalue weighted by Crippen LogP contribution is 2.36. The van der Waals surface area contributed by atoms with E-state index in [9.17, 15) is 9.90 Å². The van der Waals surface area contributed by atoms with Crippen molar-refractivity contribution in [2.45, 2.75) is 32.7 Å². The van der Waals surface area contributed by atoms with Crippen LogP contribution in [-0.4, -0.2) is 29.1 Å². The molecule has 1 aromatic carbocycles. The number of hydrogen-bond acceptors (Lipinski definition) is 3. The van der Waals surface area contributed by atoms with Gasteiger partial charge in [-0.15, -0.1) is 11.3 Å². The van der Waals surface area contributed by atoms with Gasteiger partial charge in [-0.25, -0.2) is 0 Å². The third-order valence-corrected chi connectivity index (χ3v) is 5.64. The van der Waals surface area contributed by atoms with Gasteiger partial charge in [-0.2, -0.15) is 0 Å². The summed E-state index contributed by atoms with van der Waals surface area (Å²) in [7, 11) is 0. The van der Waals surface area contributed by atoms with Crippen LogP contribution in [-0.2, 0) is 4.79 Å². The van der Waals surface area contributed by atoms with E-state index >= 15 is 0 Å². The van der Waals surface area contributed by atoms with Crippen LogP contribution < -0.4 is 0 Å². The van der Waals surface area contributed by atoms with Crippen LogP contribution in [0.5, 0.6) is 0 Å². The predicted molar refractivity (Wildman–Crippen MR) is 94.0 cm³/mol. The normalized spacial score (nSPS) is 20.3. The summed E-state index contributed by atoms with van der Waals surface area (Å²) in [6.07, 6.45) is 1.74. The average Bonchev–Trinajstić information content (AvgIpc) is 2.96. The standard InChI is InChI=1S/C19H23NO2S/c1-13-5-8-15(9-6-13)18(17-10-7-14(2)23-17)20-11-3-4-16(12-20)19(21)22/h5-10,16,18H,3-4,11-12H2,1-2H3,(H,21,22). The number of aryl methyl sites for hydroxylation is 2. The van der Waals surface area contributed by atoms with E-state index in [-0.39, 0.29) is 12.0 Å². The van der Waals surface area contributed by atoms with E-state index in [0.717, 1.165) is 19.4 Å². The zero-order valence-electron chi connectivity index (χ0n) is 13.7. The topological polar surface area (TPSA) is 40.5 Å². The lowest BCUT2D eigenvalue weighted by atomic mass is 9.94. The first kappa shape index (κ1) is 16.2. The Balaban J connectivity index is 1.94. The van der Waals surface area contributed by atoms with Crippen molar-refractivity contribution in [3.8, 4) is 0 Å². The number of thiophene rings is 1. The number of aliphatic carboxylic acids is 1. The SMILES string of the molecule is Cc1ccc(C(c2ccc(C)s2)N2CCCC(C(=O)O)C2)cc1. The van der Waals surface area contributed by atoms with Crippen molar-refractivity contribution in [3.05, 3.63) is 57.3 Å². The van der Waals surface area contributed by atoms with E-state index in [0.29, 0.717) is 6.54 Å². The second kappa shape index (κ2) is 6.85. The Morgan fingerprint density at radius 1 is 1.22 bits per heavy atom. The summed E-state index contributed by atoms with van der Waals surface area (Å²) >= 11 is 1.81. The first-order chi connectivity index (χ1) is 11.0. The van der Waals surface area contributed by atoms with Crippen molar-refractivity contribution < 1.29 is 9.90 Å². The fraction of sp³-hybridized carbons (Fsp3) is 0.421. The Kier molecular flexibility index (Phi) is 4.83. The molecule has 0 bridgehead atoms. The molecule has 23 heavy (non-hydrogen) atoms. The van der Waals surface area contributed by atoms with Crippen LogP contribution in [0.4, 0.5) is 0 Å². The summed E-state index contributed by atoms with van der Waals surface area (Å²) in [5, 5.41) is 9.40. The summed E-state index contributed by atoms with van der Waals surface area (Å²) in [5.74, 6) is -0.919. The number of rotatable bonds is 4. The molecule has 1 aliphatic heterocycles. The van der Waals surface area contributed by atoms with Crippen LogP contribution in [0.3, 0.4) is 0 Å². The van der Waals surface area contributed by atoms with Crippen LogP contribution in [0, 0.1) is 19.8 Å². The highest BCUT2D eigenvalue weighted by molar-refractivity contribution is 7.12. The molecule has 1 N–H and O–H groups in total. The lowest BCUT2D eigenvalue weighted by molar-refractivity contribution is -0.143. The second-order valence-corrected chi connectivity index (χ2v) is 7.75. The van der Waals surface area contributed by atoms with E-state index in [4.69, 9.17) is 0 Å². The van der Waals surface area contributed by atoms with Gasteiger partial charge in [-0.3, -0.25) is 9.69 Å². The molecule has 0 amide bonds. The van der Waals surface area contributed by atoms with Gasteiger partial charge in [-0.05, 0) is 50.9 Å². The molecular weight excluding hydrogens is 306 g/mol. The van der Waals surface area contributed by atoms with Gasteiger partial charge in [0.05, 0.1) is 12.0 Å². The van der Waals surface area contributed by atoms with Gasteiger partial charge in [0.15, 0.2) is 0 Å². The summed E-state index contributed by atoms with van der Waals surface area (Å²) in [4.78, 5) is 16.4. The van der Waals surface area contributed by atoms with Crippen LogP contribution in [0.25, 0.3) is 0 Å². The molecular formula is C19H23NO2S. The molecule has 2 unspecified atom stereocenters. The Hall–Kier alpha value is -1.65. The van der Waals surface area contributed by atoms with Crippen molar-refractivity contribution >= 4 is 17.3 Å². The van der Waals surface area contributed by atoms with Crippen LogP contribution in [0.15, 0.2) is 36.4 Å². The zero-order valence-corrected chi connectivity index (χ0v) is 14.5. The number of carbonyl (C=O) groups is 1. The minimum absolute atomic E-state index is 0.163. The quantitative estimate of drug-likeness (QED) is 0.911. The smallest absolute Gasteiger partial charge is 0.307 e. The van der Waals surface area contributed by atoms with Crippen molar-refractivity contribution in [2.75, 3.05) is 13.1 Å². The molecule has 0 radical (unpaired) electrons. The molecule has 3 rings (SSSR count). The highest BCUT2D eigenvalue weighted by atomic mass is 32.1. The van der Waals surface area contributed by atoms with Gasteiger partial charge in [0.2, 0.25) is 0 Å². The van der Waals surface area contributed by atoms with Crippen LogP contribution in [0.1, 0.15) is 39.8 Å². The molecule has 1 fully saturated rings. The van der Waals surface area contributed by atoms with E-state index in [1.165, 1.54) is 20.9 Å². The molecule has 2 heterocycles. The first-order valence-corrected chi connectivity index (χ1v) is 8.96. The van der Waals surface area contributed by atoms with Gasteiger partial charge >= 0.3 is 5.97 Å². The van der Waals surface area contributed by atoms with Crippen LogP contribution in [0.2, 0.25) is 0 Å². The summed E-state index contributed by atoms with van der Waals surface area (Å²) in [6, 6.07) is 13.1. The fourth-order valence-electron chi connectivity index (χ4n) is 3.35. The van der Waals surface area contributed by atoms with Crippen molar-refractivity contribution in [1.82, 2.24) is 4.90 Å². The predicted octanol–water partition coefficient (Wildman–Crippen LogP) is 4.25. The van der Waals surface area contributed by atoms with Crippen molar-refractivity contribution in [1.29, 1.82) is 0 Å². The van der Waals surface area contributed by atoms with Gasteiger partial charge in [0.1, 0.15) is 0 Å². The molecule has 4 heteroatoms. The Bertz CT molecular complexity index is 677. The first-order valence-electron chi connectivity index (χ1n) is 8.14. The Morgan fingerprint density at radius 2 is 1.96 bits per heavy atom. The Labute approximate surface area is 141 Å². The van der Waals surface area contributed by atoms with Gasteiger partial charge in [-0.1, -0.05) is 29.8 Å². The third kappa shape index (κ3) is 3.65. The number of likely N-dealkylation sites (tertiary alicyclic amines) is 1. The lowest BCUT2D eigenvalue weighted by Crippen LogP contribution is -2.41. The average molecular weight is 329 g/mol. The van der Waals surface area contributed by atoms with Crippen molar-refractivity contribution in [2.24, 2.45) is 5.92 Å². The molecule has 2 atom stereocenters. The molecule has 0 saturated carbocycles. The Morgan fingerprint density at radius 3 is 2.57 bits per heavy atom. The van der Waals surface area contributed by atoms with E-state index in [1.807, 2.05) is 11.3 Å². The largest absolute Gasteiger partial charge is 0.481 e. The molecule has 1 aromatic heterocycles. The van der Waals surface area contributed by atoms with E-state index in [1.54, 1.807) is 0 Å². The van der Waals surface area contributed by atoms with Gasteiger partial charge < -0.3 is 5.11 Å². The molecule has 2 aromatic rings. The zero-order chi connectivity index (χ0) is 16.4. The molecule has 0 aliphatic carbocycles. The minimum Gasteiger partial charge on any atom is -0.481 e. The number of carboxylic acids is 1. The second-order valence-electron chi connectivity index (χ2n) is 6.43. The van der Waals surface area contributed by atoms with Crippen LogP contribution >= 0.6 is 11.3 Å². The summed E-state index contributed by atoms with van der Waals surface area (Å²) in [6.45, 7) is 5.80. The highest BCUT2D eigenvalue weighted by Gasteiger charge is 2.31. The van der Waals surface area contributed by atoms with E-state index in [2.05, 4.69) is 55.1 Å². The maximum absolute atomic E-state index is 11.4. The fourth-order valence-corrected chi connectivity index (χ4v) is 4.39. The maximum Gasteiger partial charge on any atom is 0.307 e. The molecule has 1 saturated heterocycles. The number of benzene rings is 1. The van der Waals surface area contributed by atoms with Crippen molar-refractivity contribution in [3.63, 3.8) is 0 Å². The molecule has 122 valence electrons. The number of carboxylic acid groups (broad SMARTS) is 1. The number of hydrogen-bond donors (Lipinski definition) is 1. The molecule has 3 nitrogen and oxygen atoms in total. The third-order valence-electron chi connectivity index (χ3n) is 4.59. The van der Waals surface area contributed by atoms with Gasteiger partial charge in [0.25, 0.3) is 0 Å². The monoisotopic (exact) mass is 329 g/mol. The number of nitrogens with zero attached hydrogens (tertiary/aromatic N) is 1. The lowest BCUT2D eigenvalue weighted by Gasteiger charge is -2.37. The van der Waals surface area contributed by atoms with Gasteiger partial charge in [0, 0.05) is 16.3 Å².